The van der Waals surface area contributed by atoms with Gasteiger partial charge in [0.2, 0.25) is 29.5 Å². The van der Waals surface area contributed by atoms with E-state index >= 15 is 0 Å². The third kappa shape index (κ3) is 20.1. The third-order valence-corrected chi connectivity index (χ3v) is 12.9. The monoisotopic (exact) mass is 1020 g/mol. The number of carboxylic acids is 2. The molecule has 2 rings (SSSR count). The molecule has 1 heterocycles. The Morgan fingerprint density at radius 2 is 1.23 bits per heavy atom. The van der Waals surface area contributed by atoms with Crippen molar-refractivity contribution < 1.29 is 83.4 Å². The molecule has 1 unspecified atom stereocenters. The molecule has 5 amide bonds. The zero-order valence-corrected chi connectivity index (χ0v) is 41.5. The molecule has 1 aromatic rings. The van der Waals surface area contributed by atoms with Gasteiger partial charge in [-0.15, -0.1) is 0 Å². The molecule has 10 atom stereocenters. The maximum atomic E-state index is 13.9. The van der Waals surface area contributed by atoms with E-state index < -0.39 is 176 Å². The van der Waals surface area contributed by atoms with Crippen LogP contribution >= 0.6 is 12.6 Å². The summed E-state index contributed by atoms with van der Waals surface area (Å²) in [5, 5.41) is 71.5. The zero-order chi connectivity index (χ0) is 53.7. The van der Waals surface area contributed by atoms with Crippen molar-refractivity contribution in [2.75, 3.05) is 39.6 Å². The molecule has 0 aromatic heterocycles. The van der Waals surface area contributed by atoms with Crippen molar-refractivity contribution in [2.45, 2.75) is 121 Å². The average Bonchev–Trinajstić information content (AvgIpc) is 3.75. The zero-order valence-electron chi connectivity index (χ0n) is 40.6. The van der Waals surface area contributed by atoms with Crippen molar-refractivity contribution in [3.8, 4) is 5.75 Å². The SMILES string of the molecule is CNC(=O)[C@@H](CC(=O)[C@H](CO)NC(=O)[C@H](CO)CC(=O)[C@@H](NC(=O)[C@H](CCC(=O)O)CC(=O)[C@H](CC(=O)O)NC(=O)[C@H](CS)CC(=O)[C@H](Cc1ccc(O)cc1)NC(=O)C1CCCN1C)[C@@H](C)O)C(C)C. The average molecular weight is 1020 g/mol. The summed E-state index contributed by atoms with van der Waals surface area (Å²) < 4.78 is 0. The molecule has 1 aliphatic rings. The first kappa shape index (κ1) is 61.3. The van der Waals surface area contributed by atoms with Gasteiger partial charge in [0.25, 0.3) is 0 Å². The van der Waals surface area contributed by atoms with Gasteiger partial charge in [0.05, 0.1) is 55.7 Å². The minimum Gasteiger partial charge on any atom is -0.508 e. The third-order valence-electron chi connectivity index (χ3n) is 12.4. The van der Waals surface area contributed by atoms with E-state index in [9.17, 15) is 83.4 Å². The highest BCUT2D eigenvalue weighted by Gasteiger charge is 2.38. The molecule has 1 aromatic carbocycles. The molecule has 0 radical (unpaired) electrons. The van der Waals surface area contributed by atoms with Crippen molar-refractivity contribution in [2.24, 2.45) is 29.6 Å². The minimum atomic E-state index is -1.84. The van der Waals surface area contributed by atoms with Crippen LogP contribution < -0.4 is 26.6 Å². The molecule has 1 aliphatic heterocycles. The Labute approximate surface area is 417 Å². The number of phenols is 1. The maximum Gasteiger partial charge on any atom is 0.305 e. The summed E-state index contributed by atoms with van der Waals surface area (Å²) in [7, 11) is 3.15. The largest absolute Gasteiger partial charge is 0.508 e. The van der Waals surface area contributed by atoms with E-state index in [0.717, 1.165) is 13.3 Å². The van der Waals surface area contributed by atoms with E-state index in [1.54, 1.807) is 33.0 Å². The lowest BCUT2D eigenvalue weighted by molar-refractivity contribution is -0.141. The molecule has 11 N–H and O–H groups in total. The Morgan fingerprint density at radius 1 is 0.676 bits per heavy atom. The number of aliphatic hydroxyl groups excluding tert-OH is 3. The first-order chi connectivity index (χ1) is 33.4. The van der Waals surface area contributed by atoms with E-state index in [4.69, 9.17) is 0 Å². The molecule has 0 spiro atoms. The van der Waals surface area contributed by atoms with E-state index in [0.29, 0.717) is 18.5 Å². The number of carboxylic acid groups (broad SMARTS) is 2. The first-order valence-electron chi connectivity index (χ1n) is 23.3. The smallest absolute Gasteiger partial charge is 0.305 e. The van der Waals surface area contributed by atoms with E-state index in [-0.39, 0.29) is 30.3 Å². The summed E-state index contributed by atoms with van der Waals surface area (Å²) in [5.74, 6) is -16.4. The number of nitrogens with one attached hydrogen (secondary N) is 5. The number of nitrogens with zero attached hydrogens (tertiary/aromatic N) is 1. The summed E-state index contributed by atoms with van der Waals surface area (Å²) in [6, 6.07) is -0.949. The second-order valence-corrected chi connectivity index (χ2v) is 18.6. The van der Waals surface area contributed by atoms with E-state index in [1.165, 1.54) is 19.2 Å². The van der Waals surface area contributed by atoms with Crippen LogP contribution in [0.15, 0.2) is 24.3 Å². The summed E-state index contributed by atoms with van der Waals surface area (Å²) in [5.41, 5.74) is 0.571. The van der Waals surface area contributed by atoms with Crippen molar-refractivity contribution in [1.82, 2.24) is 31.5 Å². The lowest BCUT2D eigenvalue weighted by atomic mass is 9.88. The number of thiol groups is 1. The molecule has 1 fully saturated rings. The number of amides is 5. The molecule has 71 heavy (non-hydrogen) atoms. The van der Waals surface area contributed by atoms with E-state index in [1.807, 2.05) is 4.90 Å². The van der Waals surface area contributed by atoms with Crippen LogP contribution in [0.5, 0.6) is 5.75 Å². The molecule has 24 heteroatoms. The number of ketones is 4. The number of aromatic hydroxyl groups is 1. The number of phenolic OH excluding ortho intramolecular Hbond substituents is 1. The number of hydrogen-bond donors (Lipinski definition) is 12. The van der Waals surface area contributed by atoms with Gasteiger partial charge < -0.3 is 57.2 Å². The molecular weight excluding hydrogens is 953 g/mol. The number of carbonyl (C=O) groups excluding carboxylic acids is 9. The van der Waals surface area contributed by atoms with Crippen LogP contribution in [0.4, 0.5) is 0 Å². The second-order valence-electron chi connectivity index (χ2n) is 18.2. The molecule has 1 saturated heterocycles. The van der Waals surface area contributed by atoms with Crippen LogP contribution in [0.2, 0.25) is 0 Å². The van der Waals surface area contributed by atoms with Gasteiger partial charge >= 0.3 is 11.9 Å². The standard InChI is InChI=1S/C47H70N6O17S/c1-24(2)31(46(69)48-4)19-38(60)34(22-55)51-44(67)28(21-54)17-39(61)42(25(3)56)52-43(66)27(10-13-40(62)63)16-36(58)33(20-41(64)65)49-45(68)29(23-71)18-37(59)32(15-26-8-11-30(57)12-9-26)50-47(70)35-7-6-14-53(35)5/h8-9,11-12,24-25,27-29,31-35,42,54-57,71H,6-7,10,13-23H2,1-5H3,(H,48,69)(H,49,68)(H,50,70)(H,51,67)(H,52,66)(H,62,63)(H,64,65)/t25-,27-,28+,29+,31+,32+,33+,34+,35?,42+/m1/s1. The molecule has 0 aliphatic carbocycles. The van der Waals surface area contributed by atoms with Gasteiger partial charge in [-0.1, -0.05) is 26.0 Å². The minimum absolute atomic E-state index is 0.0182. The fraction of sp³-hybridized carbons (Fsp3) is 0.638. The van der Waals surface area contributed by atoms with Crippen LogP contribution in [-0.2, 0) is 59.2 Å². The summed E-state index contributed by atoms with van der Waals surface area (Å²) in [6.07, 6.45) is -5.32. The van der Waals surface area contributed by atoms with Crippen LogP contribution in [0.1, 0.15) is 84.1 Å². The van der Waals surface area contributed by atoms with Gasteiger partial charge in [-0.25, -0.2) is 0 Å². The molecule has 23 nitrogen and oxygen atoms in total. The Balaban J connectivity index is 2.28. The van der Waals surface area contributed by atoms with Crippen LogP contribution in [0.3, 0.4) is 0 Å². The maximum absolute atomic E-state index is 13.9. The fourth-order valence-corrected chi connectivity index (χ4v) is 8.31. The highest BCUT2D eigenvalue weighted by Crippen LogP contribution is 2.22. The molecule has 396 valence electrons. The first-order valence-corrected chi connectivity index (χ1v) is 24.0. The number of Topliss-reactive ketones (excluding diaryl/α,β-unsaturated/α-hetero) is 4. The number of benzene rings is 1. The Kier molecular flexibility index (Phi) is 26.0. The normalized spacial score (nSPS) is 17.5. The van der Waals surface area contributed by atoms with Crippen molar-refractivity contribution in [3.05, 3.63) is 29.8 Å². The summed E-state index contributed by atoms with van der Waals surface area (Å²) in [4.78, 5) is 146. The predicted molar refractivity (Wildman–Crippen MR) is 255 cm³/mol. The lowest BCUT2D eigenvalue weighted by Crippen LogP contribution is -2.52. The Bertz CT molecular complexity index is 2050. The fourth-order valence-electron chi connectivity index (χ4n) is 8.01. The quantitative estimate of drug-likeness (QED) is 0.0349. The van der Waals surface area contributed by atoms with Crippen molar-refractivity contribution in [1.29, 1.82) is 0 Å². The van der Waals surface area contributed by atoms with Gasteiger partial charge in [0.1, 0.15) is 17.8 Å². The topological polar surface area (TPSA) is 373 Å². The number of aliphatic carboxylic acids is 2. The molecule has 0 saturated carbocycles. The van der Waals surface area contributed by atoms with Crippen molar-refractivity contribution >= 4 is 77.2 Å². The Morgan fingerprint density at radius 3 is 1.73 bits per heavy atom. The highest BCUT2D eigenvalue weighted by atomic mass is 32.1. The number of likely N-dealkylation sites (N-methyl/N-ethyl adjacent to an activating group) is 1. The van der Waals surface area contributed by atoms with Gasteiger partial charge in [-0.05, 0) is 69.8 Å². The van der Waals surface area contributed by atoms with Gasteiger partial charge in [0, 0.05) is 56.7 Å². The Hall–Kier alpha value is -5.82. The molecule has 0 bridgehead atoms. The molecular formula is C47H70N6O17S. The number of likely N-dealkylation sites (tertiary alicyclic amines) is 1. The summed E-state index contributed by atoms with van der Waals surface area (Å²) in [6.45, 7) is 3.26. The second kappa shape index (κ2) is 30.1. The predicted octanol–water partition coefficient (Wildman–Crippen LogP) is -1.69. The van der Waals surface area contributed by atoms with Gasteiger partial charge in [-0.3, -0.25) is 57.6 Å². The van der Waals surface area contributed by atoms with Gasteiger partial charge in [0.15, 0.2) is 23.1 Å². The van der Waals surface area contributed by atoms with Crippen LogP contribution in [0, 0.1) is 29.6 Å². The lowest BCUT2D eigenvalue weighted by Gasteiger charge is -2.27. The van der Waals surface area contributed by atoms with Crippen LogP contribution in [-0.4, -0.2) is 176 Å². The number of aliphatic hydroxyl groups is 3. The van der Waals surface area contributed by atoms with Crippen LogP contribution in [0.25, 0.3) is 0 Å². The van der Waals surface area contributed by atoms with Gasteiger partial charge in [-0.2, -0.15) is 12.6 Å². The number of carbonyl (C=O) groups is 11. The summed E-state index contributed by atoms with van der Waals surface area (Å²) >= 11 is 4.23. The van der Waals surface area contributed by atoms with Crippen molar-refractivity contribution in [3.63, 3.8) is 0 Å². The van der Waals surface area contributed by atoms with E-state index in [2.05, 4.69) is 39.2 Å². The number of hydrogen-bond acceptors (Lipinski definition) is 17. The highest BCUT2D eigenvalue weighted by molar-refractivity contribution is 7.80. The number of rotatable bonds is 33.